The van der Waals surface area contributed by atoms with Crippen molar-refractivity contribution in [1.29, 1.82) is 0 Å². The molecule has 27 heavy (non-hydrogen) atoms. The molecule has 4 nitrogen and oxygen atoms in total. The average molecular weight is 373 g/mol. The minimum absolute atomic E-state index is 0.165. The Balaban J connectivity index is 1.66. The molecule has 0 aliphatic heterocycles. The van der Waals surface area contributed by atoms with Gasteiger partial charge in [-0.05, 0) is 49.2 Å². The van der Waals surface area contributed by atoms with E-state index in [1.807, 2.05) is 32.0 Å². The lowest BCUT2D eigenvalue weighted by Gasteiger charge is -2.09. The highest BCUT2D eigenvalue weighted by molar-refractivity contribution is 5.95. The van der Waals surface area contributed by atoms with Gasteiger partial charge in [0.15, 0.2) is 5.69 Å². The standard InChI is InChI=1S/C20H18F3N3O/c1-13-3-4-14(2)17(11-13)19(27)24-12-15-5-7-16(8-6-15)26-10-9-18(25-26)20(21,22)23/h3-11H,12H2,1-2H3,(H,24,27). The van der Waals surface area contributed by atoms with Gasteiger partial charge in [0.1, 0.15) is 0 Å². The molecule has 0 saturated carbocycles. The van der Waals surface area contributed by atoms with E-state index in [1.54, 1.807) is 24.3 Å². The summed E-state index contributed by atoms with van der Waals surface area (Å²) >= 11 is 0. The van der Waals surface area contributed by atoms with Gasteiger partial charge in [0, 0.05) is 18.3 Å². The normalized spacial score (nSPS) is 11.4. The summed E-state index contributed by atoms with van der Waals surface area (Å²) in [6, 6.07) is 13.4. The van der Waals surface area contributed by atoms with E-state index in [9.17, 15) is 18.0 Å². The van der Waals surface area contributed by atoms with E-state index in [0.29, 0.717) is 17.8 Å². The molecule has 0 aliphatic carbocycles. The minimum atomic E-state index is -4.47. The Hall–Kier alpha value is -3.09. The van der Waals surface area contributed by atoms with E-state index in [-0.39, 0.29) is 5.91 Å². The third-order valence-corrected chi connectivity index (χ3v) is 4.17. The first kappa shape index (κ1) is 18.7. The highest BCUT2D eigenvalue weighted by Gasteiger charge is 2.33. The fourth-order valence-electron chi connectivity index (χ4n) is 2.64. The van der Waals surface area contributed by atoms with Crippen LogP contribution in [0.2, 0.25) is 0 Å². The molecular weight excluding hydrogens is 355 g/mol. The number of nitrogens with one attached hydrogen (secondary N) is 1. The first-order valence-electron chi connectivity index (χ1n) is 8.31. The second kappa shape index (κ2) is 7.26. The van der Waals surface area contributed by atoms with Gasteiger partial charge in [0.05, 0.1) is 5.69 Å². The Morgan fingerprint density at radius 2 is 1.78 bits per heavy atom. The zero-order valence-corrected chi connectivity index (χ0v) is 14.8. The number of alkyl halides is 3. The van der Waals surface area contributed by atoms with Crippen molar-refractivity contribution in [1.82, 2.24) is 15.1 Å². The molecule has 0 atom stereocenters. The Bertz CT molecular complexity index is 959. The number of aryl methyl sites for hydroxylation is 2. The van der Waals surface area contributed by atoms with Crippen LogP contribution in [0.3, 0.4) is 0 Å². The van der Waals surface area contributed by atoms with Crippen molar-refractivity contribution >= 4 is 5.91 Å². The number of nitrogens with zero attached hydrogens (tertiary/aromatic N) is 2. The summed E-state index contributed by atoms with van der Waals surface area (Å²) < 4.78 is 39.1. The predicted molar refractivity (Wildman–Crippen MR) is 95.7 cm³/mol. The van der Waals surface area contributed by atoms with Gasteiger partial charge in [-0.25, -0.2) is 4.68 Å². The summed E-state index contributed by atoms with van der Waals surface area (Å²) in [4.78, 5) is 12.3. The maximum atomic E-state index is 12.6. The Kier molecular flexibility index (Phi) is 5.03. The molecule has 0 unspecified atom stereocenters. The number of aromatic nitrogens is 2. The van der Waals surface area contributed by atoms with Crippen molar-refractivity contribution in [2.45, 2.75) is 26.6 Å². The largest absolute Gasteiger partial charge is 0.435 e. The van der Waals surface area contributed by atoms with Crippen LogP contribution in [0.1, 0.15) is 32.7 Å². The van der Waals surface area contributed by atoms with Crippen molar-refractivity contribution in [3.05, 3.63) is 82.7 Å². The van der Waals surface area contributed by atoms with Gasteiger partial charge in [-0.1, -0.05) is 29.8 Å². The maximum Gasteiger partial charge on any atom is 0.435 e. The molecule has 0 radical (unpaired) electrons. The summed E-state index contributed by atoms with van der Waals surface area (Å²) in [7, 11) is 0. The first-order chi connectivity index (χ1) is 12.7. The second-order valence-electron chi connectivity index (χ2n) is 6.31. The number of hydrogen-bond donors (Lipinski definition) is 1. The molecule has 0 saturated heterocycles. The van der Waals surface area contributed by atoms with Crippen LogP contribution < -0.4 is 5.32 Å². The monoisotopic (exact) mass is 373 g/mol. The zero-order valence-electron chi connectivity index (χ0n) is 14.8. The van der Waals surface area contributed by atoms with Gasteiger partial charge in [0.25, 0.3) is 5.91 Å². The summed E-state index contributed by atoms with van der Waals surface area (Å²) in [6.07, 6.45) is -3.20. The van der Waals surface area contributed by atoms with Crippen LogP contribution in [0.25, 0.3) is 5.69 Å². The lowest BCUT2D eigenvalue weighted by Crippen LogP contribution is -2.23. The van der Waals surface area contributed by atoms with Gasteiger partial charge < -0.3 is 5.32 Å². The van der Waals surface area contributed by atoms with Gasteiger partial charge in [0.2, 0.25) is 0 Å². The SMILES string of the molecule is Cc1ccc(C)c(C(=O)NCc2ccc(-n3ccc(C(F)(F)F)n3)cc2)c1. The lowest BCUT2D eigenvalue weighted by atomic mass is 10.0. The second-order valence-corrected chi connectivity index (χ2v) is 6.31. The van der Waals surface area contributed by atoms with E-state index in [1.165, 1.54) is 10.9 Å². The van der Waals surface area contributed by atoms with Crippen LogP contribution in [0, 0.1) is 13.8 Å². The van der Waals surface area contributed by atoms with Crippen molar-refractivity contribution in [2.75, 3.05) is 0 Å². The maximum absolute atomic E-state index is 12.6. The van der Waals surface area contributed by atoms with Crippen LogP contribution in [-0.2, 0) is 12.7 Å². The summed E-state index contributed by atoms with van der Waals surface area (Å²) in [5.41, 5.74) is 2.94. The topological polar surface area (TPSA) is 46.9 Å². The Morgan fingerprint density at radius 1 is 1.07 bits per heavy atom. The van der Waals surface area contributed by atoms with E-state index < -0.39 is 11.9 Å². The molecule has 1 amide bonds. The number of carbonyl (C=O) groups is 1. The van der Waals surface area contributed by atoms with Gasteiger partial charge >= 0.3 is 6.18 Å². The smallest absolute Gasteiger partial charge is 0.348 e. The molecule has 7 heteroatoms. The number of benzene rings is 2. The van der Waals surface area contributed by atoms with Gasteiger partial charge in [-0.3, -0.25) is 4.79 Å². The Morgan fingerprint density at radius 3 is 2.41 bits per heavy atom. The van der Waals surface area contributed by atoms with E-state index in [0.717, 1.165) is 22.8 Å². The lowest BCUT2D eigenvalue weighted by molar-refractivity contribution is -0.141. The summed E-state index contributed by atoms with van der Waals surface area (Å²) in [5, 5.41) is 6.39. The molecule has 140 valence electrons. The third kappa shape index (κ3) is 4.36. The minimum Gasteiger partial charge on any atom is -0.348 e. The molecule has 0 spiro atoms. The highest BCUT2D eigenvalue weighted by atomic mass is 19.4. The molecule has 0 bridgehead atoms. The molecule has 3 aromatic rings. The number of amides is 1. The van der Waals surface area contributed by atoms with Crippen molar-refractivity contribution in [3.63, 3.8) is 0 Å². The number of halogens is 3. The molecule has 0 aliphatic rings. The Labute approximate surface area is 154 Å². The predicted octanol–water partition coefficient (Wildman–Crippen LogP) is 4.44. The van der Waals surface area contributed by atoms with Crippen LogP contribution >= 0.6 is 0 Å². The third-order valence-electron chi connectivity index (χ3n) is 4.17. The molecule has 0 fully saturated rings. The van der Waals surface area contributed by atoms with Crippen LogP contribution in [0.4, 0.5) is 13.2 Å². The molecule has 3 rings (SSSR count). The quantitative estimate of drug-likeness (QED) is 0.735. The fraction of sp³-hybridized carbons (Fsp3) is 0.200. The van der Waals surface area contributed by atoms with Crippen molar-refractivity contribution in [3.8, 4) is 5.69 Å². The molecule has 2 aromatic carbocycles. The molecule has 1 heterocycles. The van der Waals surface area contributed by atoms with Crippen LogP contribution in [0.15, 0.2) is 54.7 Å². The fourth-order valence-corrected chi connectivity index (χ4v) is 2.64. The number of rotatable bonds is 4. The molecule has 1 N–H and O–H groups in total. The molecule has 1 aromatic heterocycles. The number of carbonyl (C=O) groups excluding carboxylic acids is 1. The van der Waals surface area contributed by atoms with E-state index in [2.05, 4.69) is 10.4 Å². The van der Waals surface area contributed by atoms with Crippen molar-refractivity contribution < 1.29 is 18.0 Å². The zero-order chi connectivity index (χ0) is 19.6. The first-order valence-corrected chi connectivity index (χ1v) is 8.31. The van der Waals surface area contributed by atoms with Crippen LogP contribution in [-0.4, -0.2) is 15.7 Å². The average Bonchev–Trinajstić information content (AvgIpc) is 3.13. The highest BCUT2D eigenvalue weighted by Crippen LogP contribution is 2.27. The number of hydrogen-bond acceptors (Lipinski definition) is 2. The van der Waals surface area contributed by atoms with Gasteiger partial charge in [-0.15, -0.1) is 0 Å². The van der Waals surface area contributed by atoms with E-state index >= 15 is 0 Å². The van der Waals surface area contributed by atoms with Crippen molar-refractivity contribution in [2.24, 2.45) is 0 Å². The van der Waals surface area contributed by atoms with E-state index in [4.69, 9.17) is 0 Å². The van der Waals surface area contributed by atoms with Crippen LogP contribution in [0.5, 0.6) is 0 Å². The summed E-state index contributed by atoms with van der Waals surface area (Å²) in [5.74, 6) is -0.165. The van der Waals surface area contributed by atoms with Gasteiger partial charge in [-0.2, -0.15) is 18.3 Å². The summed E-state index contributed by atoms with van der Waals surface area (Å²) in [6.45, 7) is 4.12. The molecular formula is C20H18F3N3O.